The van der Waals surface area contributed by atoms with Gasteiger partial charge < -0.3 is 27.5 Å². The number of ether oxygens (including phenoxy) is 3. The zero-order valence-corrected chi connectivity index (χ0v) is 49.2. The van der Waals surface area contributed by atoms with E-state index in [0.717, 1.165) is 70.6 Å². The molecule has 10 heteroatoms. The van der Waals surface area contributed by atoms with Crippen molar-refractivity contribution in [2.75, 3.05) is 0 Å². The van der Waals surface area contributed by atoms with E-state index in [-0.39, 0.29) is 69.7 Å². The third-order valence-corrected chi connectivity index (χ3v) is 30.7. The molecule has 0 radical (unpaired) electrons. The molecule has 0 aromatic carbocycles. The van der Waals surface area contributed by atoms with Crippen LogP contribution in [0.25, 0.3) is 0 Å². The van der Waals surface area contributed by atoms with Gasteiger partial charge >= 0.3 is 5.97 Å². The minimum absolute atomic E-state index is 0.0329. The molecule has 3 saturated heterocycles. The molecule has 0 aliphatic carbocycles. The predicted molar refractivity (Wildman–Crippen MR) is 284 cm³/mol. The van der Waals surface area contributed by atoms with Gasteiger partial charge in [0.15, 0.2) is 25.0 Å². The van der Waals surface area contributed by atoms with Gasteiger partial charge in [0.25, 0.3) is 0 Å². The maximum atomic E-state index is 11.9. The molecule has 0 aromatic heterocycles. The summed E-state index contributed by atoms with van der Waals surface area (Å²) in [4.78, 5) is 11.9. The van der Waals surface area contributed by atoms with E-state index < -0.39 is 25.0 Å². The van der Waals surface area contributed by atoms with Gasteiger partial charge in [-0.1, -0.05) is 159 Å². The van der Waals surface area contributed by atoms with Crippen LogP contribution in [-0.2, 0) is 32.3 Å². The summed E-state index contributed by atoms with van der Waals surface area (Å²) in [5, 5.41) is 0.522. The first kappa shape index (κ1) is 59.2. The van der Waals surface area contributed by atoms with Gasteiger partial charge in [0.2, 0.25) is 0 Å². The van der Waals surface area contributed by atoms with Gasteiger partial charge in [-0.2, -0.15) is 0 Å². The molecule has 3 heterocycles. The molecular formula is C55H110O7Si3. The number of rotatable bonds is 31. The first-order chi connectivity index (χ1) is 30.2. The third kappa shape index (κ3) is 19.9. The molecule has 0 bridgehead atoms. The predicted octanol–water partition coefficient (Wildman–Crippen LogP) is 17.0. The lowest BCUT2D eigenvalue weighted by Gasteiger charge is -2.41. The van der Waals surface area contributed by atoms with Crippen molar-refractivity contribution in [3.63, 3.8) is 0 Å². The van der Waals surface area contributed by atoms with Gasteiger partial charge in [-0.05, 0) is 132 Å². The van der Waals surface area contributed by atoms with Crippen molar-refractivity contribution in [1.29, 1.82) is 0 Å². The van der Waals surface area contributed by atoms with E-state index in [0.29, 0.717) is 6.10 Å². The van der Waals surface area contributed by atoms with Crippen LogP contribution in [0, 0.1) is 5.92 Å². The quantitative estimate of drug-likeness (QED) is 0.0389. The molecule has 3 aliphatic heterocycles. The van der Waals surface area contributed by atoms with Crippen molar-refractivity contribution in [1.82, 2.24) is 0 Å². The highest BCUT2D eigenvalue weighted by Gasteiger charge is 2.47. The monoisotopic (exact) mass is 967 g/mol. The van der Waals surface area contributed by atoms with E-state index in [1.165, 1.54) is 89.9 Å². The molecule has 384 valence electrons. The second-order valence-electron chi connectivity index (χ2n) is 26.0. The summed E-state index contributed by atoms with van der Waals surface area (Å²) in [6.45, 7) is 40.1. The summed E-state index contributed by atoms with van der Waals surface area (Å²) in [7, 11) is -5.87. The Kier molecular flexibility index (Phi) is 24.5. The molecule has 7 nitrogen and oxygen atoms in total. The maximum Gasteiger partial charge on any atom is 0.309 e. The molecule has 9 atom stereocenters. The number of esters is 1. The van der Waals surface area contributed by atoms with Crippen LogP contribution < -0.4 is 0 Å². The van der Waals surface area contributed by atoms with Crippen LogP contribution in [0.1, 0.15) is 237 Å². The van der Waals surface area contributed by atoms with Crippen molar-refractivity contribution in [2.24, 2.45) is 5.92 Å². The molecule has 1 unspecified atom stereocenters. The zero-order chi connectivity index (χ0) is 48.7. The summed E-state index contributed by atoms with van der Waals surface area (Å²) in [5.74, 6) is 0.182. The van der Waals surface area contributed by atoms with E-state index in [4.69, 9.17) is 27.5 Å². The van der Waals surface area contributed by atoms with Gasteiger partial charge in [-0.15, -0.1) is 0 Å². The first-order valence-electron chi connectivity index (χ1n) is 27.7. The van der Waals surface area contributed by atoms with Crippen molar-refractivity contribution in [3.8, 4) is 0 Å². The Morgan fingerprint density at radius 3 is 1.34 bits per heavy atom. The Bertz CT molecular complexity index is 1330. The largest absolute Gasteiger partial charge is 0.462 e. The maximum absolute atomic E-state index is 11.9. The lowest BCUT2D eigenvalue weighted by molar-refractivity contribution is -0.143. The standard InChI is InChI=1S/C55H110O7Si3/c1-18-19-20-30-34-45(60-63(12,13)53(3,4)5)35-32-37-51(62-65(16,17)55(9,10)11)49-41-39-47(59-49)46-38-40-48(58-46)50(61-64(14,15)54(6,7)8)36-31-28-26-24-22-21-23-25-27-29-33-44-42-43(2)57-52(44)56/h43-51H,18-42H2,1-17H3/t43-,44?,45-,46+,47+,48+,49+,50+,51-/m0/s1. The van der Waals surface area contributed by atoms with Gasteiger partial charge in [-0.25, -0.2) is 0 Å². The molecule has 3 fully saturated rings. The average molecular weight is 968 g/mol. The highest BCUT2D eigenvalue weighted by Crippen LogP contribution is 2.44. The van der Waals surface area contributed by atoms with Gasteiger partial charge in [0.1, 0.15) is 0 Å². The van der Waals surface area contributed by atoms with E-state index in [1.807, 2.05) is 6.92 Å². The van der Waals surface area contributed by atoms with Crippen LogP contribution in [0.3, 0.4) is 0 Å². The van der Waals surface area contributed by atoms with E-state index in [1.54, 1.807) is 0 Å². The number of cyclic esters (lactones) is 1. The third-order valence-electron chi connectivity index (χ3n) is 17.1. The van der Waals surface area contributed by atoms with Crippen molar-refractivity contribution < 1.29 is 32.3 Å². The van der Waals surface area contributed by atoms with Crippen molar-refractivity contribution in [3.05, 3.63) is 0 Å². The molecule has 3 aliphatic rings. The summed E-state index contributed by atoms with van der Waals surface area (Å²) >= 11 is 0. The van der Waals surface area contributed by atoms with Crippen LogP contribution in [0.2, 0.25) is 54.4 Å². The Balaban J connectivity index is 1.55. The first-order valence-corrected chi connectivity index (χ1v) is 36.4. The second kappa shape index (κ2) is 26.9. The molecule has 0 saturated carbocycles. The van der Waals surface area contributed by atoms with Crippen LogP contribution in [-0.4, -0.2) is 79.8 Å². The molecule has 0 N–H and O–H groups in total. The molecule has 0 amide bonds. The smallest absolute Gasteiger partial charge is 0.309 e. The molecular weight excluding hydrogens is 857 g/mol. The summed E-state index contributed by atoms with van der Waals surface area (Å²) in [6.07, 6.45) is 30.9. The topological polar surface area (TPSA) is 72.5 Å². The van der Waals surface area contributed by atoms with Crippen molar-refractivity contribution >= 4 is 30.9 Å². The van der Waals surface area contributed by atoms with Crippen LogP contribution in [0.15, 0.2) is 0 Å². The van der Waals surface area contributed by atoms with Crippen LogP contribution in [0.4, 0.5) is 0 Å². The Labute approximate surface area is 407 Å². The zero-order valence-electron chi connectivity index (χ0n) is 46.2. The number of unbranched alkanes of at least 4 members (excludes halogenated alkanes) is 12. The number of carbonyl (C=O) groups excluding carboxylic acids is 1. The minimum atomic E-state index is -2.02. The second-order valence-corrected chi connectivity index (χ2v) is 40.3. The minimum Gasteiger partial charge on any atom is -0.462 e. The fourth-order valence-electron chi connectivity index (χ4n) is 9.65. The fourth-order valence-corrected chi connectivity index (χ4v) is 13.8. The molecule has 3 rings (SSSR count). The Morgan fingerprint density at radius 2 is 0.908 bits per heavy atom. The number of carbonyl (C=O) groups is 1. The SMILES string of the molecule is CCCCCC[C@@H](CCC[C@H](O[Si](C)(C)C(C)(C)C)[C@H]1CC[C@H]([C@H]2CC[C@H]([C@@H](CCCCCCCCCCCCC3C[C@H](C)OC3=O)O[Si](C)(C)C(C)(C)C)O2)O1)O[Si](C)(C)C(C)(C)C. The molecule has 0 aromatic rings. The highest BCUT2D eigenvalue weighted by molar-refractivity contribution is 6.75. The van der Waals surface area contributed by atoms with E-state index >= 15 is 0 Å². The summed E-state index contributed by atoms with van der Waals surface area (Å²) in [5.41, 5.74) is 0. The lowest BCUT2D eigenvalue weighted by atomic mass is 9.97. The summed E-state index contributed by atoms with van der Waals surface area (Å²) < 4.78 is 41.2. The molecule has 0 spiro atoms. The van der Waals surface area contributed by atoms with Crippen LogP contribution >= 0.6 is 0 Å². The van der Waals surface area contributed by atoms with Gasteiger partial charge in [0.05, 0.1) is 48.6 Å². The Morgan fingerprint density at radius 1 is 0.523 bits per heavy atom. The highest BCUT2D eigenvalue weighted by atomic mass is 28.4. The van der Waals surface area contributed by atoms with Crippen LogP contribution in [0.5, 0.6) is 0 Å². The van der Waals surface area contributed by atoms with Gasteiger partial charge in [-0.3, -0.25) is 4.79 Å². The number of hydrogen-bond donors (Lipinski definition) is 0. The molecule has 65 heavy (non-hydrogen) atoms. The normalized spacial score (nSPS) is 25.3. The van der Waals surface area contributed by atoms with E-state index in [9.17, 15) is 4.79 Å². The Hall–Kier alpha value is -0.0794. The number of hydrogen-bond acceptors (Lipinski definition) is 7. The summed E-state index contributed by atoms with van der Waals surface area (Å²) in [6, 6.07) is 0. The fraction of sp³-hybridized carbons (Fsp3) is 0.982. The average Bonchev–Trinajstić information content (AvgIpc) is 3.94. The van der Waals surface area contributed by atoms with Gasteiger partial charge in [0, 0.05) is 6.10 Å². The lowest BCUT2D eigenvalue weighted by Crippen LogP contribution is -2.48. The van der Waals surface area contributed by atoms with E-state index in [2.05, 4.69) is 109 Å². The van der Waals surface area contributed by atoms with Crippen molar-refractivity contribution in [2.45, 2.75) is 340 Å².